The molecule has 0 saturated heterocycles. The van der Waals surface area contributed by atoms with Crippen LogP contribution in [0.15, 0.2) is 48.5 Å². The largest absolute Gasteiger partial charge is 0.0836 e. The molecule has 16 heavy (non-hydrogen) atoms. The molecule has 0 heterocycles. The van der Waals surface area contributed by atoms with E-state index in [2.05, 4.69) is 6.07 Å². The van der Waals surface area contributed by atoms with Gasteiger partial charge in [-0.15, -0.1) is 0 Å². The minimum atomic E-state index is 0.769. The monoisotopic (exact) mass is 246 g/mol. The first kappa shape index (κ1) is 9.95. The van der Waals surface area contributed by atoms with Gasteiger partial charge in [-0.25, -0.2) is 0 Å². The quantitative estimate of drug-likeness (QED) is 0.473. The standard InChI is InChI=1S/C14H8Cl2/c15-12-7-3-4-9-8-13(16)10-5-1-2-6-11(10)14(9)12/h1-8H. The van der Waals surface area contributed by atoms with Gasteiger partial charge >= 0.3 is 0 Å². The van der Waals surface area contributed by atoms with Crippen LogP contribution in [0.2, 0.25) is 10.0 Å². The lowest BCUT2D eigenvalue weighted by atomic mass is 10.0. The molecule has 78 valence electrons. The molecule has 2 heteroatoms. The number of fused-ring (bicyclic) bond motifs is 3. The molecule has 0 aliphatic carbocycles. The maximum absolute atomic E-state index is 6.25. The van der Waals surface area contributed by atoms with Crippen LogP contribution < -0.4 is 0 Å². The third-order valence-electron chi connectivity index (χ3n) is 2.78. The summed E-state index contributed by atoms with van der Waals surface area (Å²) < 4.78 is 0. The Labute approximate surface area is 103 Å². The second-order valence-corrected chi connectivity index (χ2v) is 4.56. The van der Waals surface area contributed by atoms with E-state index in [-0.39, 0.29) is 0 Å². The summed E-state index contributed by atoms with van der Waals surface area (Å²) in [6.07, 6.45) is 0. The molecule has 0 aliphatic rings. The highest BCUT2D eigenvalue weighted by Crippen LogP contribution is 2.35. The van der Waals surface area contributed by atoms with Crippen LogP contribution in [0.4, 0.5) is 0 Å². The summed E-state index contributed by atoms with van der Waals surface area (Å²) in [5.41, 5.74) is 0. The van der Waals surface area contributed by atoms with Crippen LogP contribution in [-0.2, 0) is 0 Å². The number of halogens is 2. The van der Waals surface area contributed by atoms with E-state index in [1.807, 2.05) is 42.5 Å². The van der Waals surface area contributed by atoms with Gasteiger partial charge in [-0.3, -0.25) is 0 Å². The zero-order chi connectivity index (χ0) is 11.1. The highest BCUT2D eigenvalue weighted by atomic mass is 35.5. The van der Waals surface area contributed by atoms with Gasteiger partial charge in [0.2, 0.25) is 0 Å². The van der Waals surface area contributed by atoms with E-state index in [1.165, 1.54) is 0 Å². The average molecular weight is 247 g/mol. The van der Waals surface area contributed by atoms with Crippen LogP contribution in [-0.4, -0.2) is 0 Å². The molecule has 3 rings (SSSR count). The molecule has 0 fully saturated rings. The molecular formula is C14H8Cl2. The predicted molar refractivity (Wildman–Crippen MR) is 71.5 cm³/mol. The lowest BCUT2D eigenvalue weighted by Crippen LogP contribution is -1.80. The van der Waals surface area contributed by atoms with Crippen molar-refractivity contribution in [3.63, 3.8) is 0 Å². The minimum absolute atomic E-state index is 0.769. The first-order valence-corrected chi connectivity index (χ1v) is 5.78. The zero-order valence-corrected chi connectivity index (χ0v) is 9.89. The lowest BCUT2D eigenvalue weighted by Gasteiger charge is -2.07. The minimum Gasteiger partial charge on any atom is -0.0836 e. The Bertz CT molecular complexity index is 687. The van der Waals surface area contributed by atoms with Gasteiger partial charge in [0.05, 0.1) is 0 Å². The Kier molecular flexibility index (Phi) is 2.27. The smallest absolute Gasteiger partial charge is 0.0490 e. The van der Waals surface area contributed by atoms with Gasteiger partial charge in [-0.2, -0.15) is 0 Å². The van der Waals surface area contributed by atoms with Crippen molar-refractivity contribution in [3.8, 4) is 0 Å². The van der Waals surface area contributed by atoms with Crippen LogP contribution >= 0.6 is 23.2 Å². The second-order valence-electron chi connectivity index (χ2n) is 3.74. The third-order valence-corrected chi connectivity index (χ3v) is 3.41. The van der Waals surface area contributed by atoms with Gasteiger partial charge in [0.15, 0.2) is 0 Å². The summed E-state index contributed by atoms with van der Waals surface area (Å²) >= 11 is 12.5. The molecule has 0 spiro atoms. The van der Waals surface area contributed by atoms with Crippen molar-refractivity contribution in [2.75, 3.05) is 0 Å². The third kappa shape index (κ3) is 1.38. The number of hydrogen-bond donors (Lipinski definition) is 0. The fourth-order valence-corrected chi connectivity index (χ4v) is 2.63. The highest BCUT2D eigenvalue weighted by Gasteiger charge is 2.06. The Hall–Kier alpha value is -1.24. The number of hydrogen-bond acceptors (Lipinski definition) is 0. The summed E-state index contributed by atoms with van der Waals surface area (Å²) in [5.74, 6) is 0. The first-order chi connectivity index (χ1) is 7.77. The molecule has 0 aromatic heterocycles. The van der Waals surface area contributed by atoms with Crippen molar-refractivity contribution in [2.45, 2.75) is 0 Å². The maximum Gasteiger partial charge on any atom is 0.0490 e. The van der Waals surface area contributed by atoms with Crippen molar-refractivity contribution in [1.82, 2.24) is 0 Å². The summed E-state index contributed by atoms with van der Waals surface area (Å²) in [6.45, 7) is 0. The average Bonchev–Trinajstić information content (AvgIpc) is 2.29. The van der Waals surface area contributed by atoms with Gasteiger partial charge in [-0.05, 0) is 22.9 Å². The molecule has 0 nitrogen and oxygen atoms in total. The topological polar surface area (TPSA) is 0 Å². The van der Waals surface area contributed by atoms with E-state index in [1.54, 1.807) is 0 Å². The molecule has 0 amide bonds. The van der Waals surface area contributed by atoms with Crippen LogP contribution in [0.1, 0.15) is 0 Å². The highest BCUT2D eigenvalue weighted by molar-refractivity contribution is 6.41. The van der Waals surface area contributed by atoms with Crippen molar-refractivity contribution >= 4 is 44.7 Å². The van der Waals surface area contributed by atoms with Crippen molar-refractivity contribution in [3.05, 3.63) is 58.6 Å². The van der Waals surface area contributed by atoms with Crippen molar-refractivity contribution in [1.29, 1.82) is 0 Å². The summed E-state index contributed by atoms with van der Waals surface area (Å²) in [6, 6.07) is 15.9. The lowest BCUT2D eigenvalue weighted by molar-refractivity contribution is 1.76. The van der Waals surface area contributed by atoms with Gasteiger partial charge < -0.3 is 0 Å². The van der Waals surface area contributed by atoms with E-state index < -0.39 is 0 Å². The maximum atomic E-state index is 6.25. The van der Waals surface area contributed by atoms with Crippen LogP contribution in [0.3, 0.4) is 0 Å². The predicted octanol–water partition coefficient (Wildman–Crippen LogP) is 5.30. The number of rotatable bonds is 0. The summed E-state index contributed by atoms with van der Waals surface area (Å²) in [7, 11) is 0. The number of benzene rings is 3. The van der Waals surface area contributed by atoms with Gasteiger partial charge in [0.1, 0.15) is 0 Å². The summed E-state index contributed by atoms with van der Waals surface area (Å²) in [4.78, 5) is 0. The first-order valence-electron chi connectivity index (χ1n) is 5.03. The molecule has 0 unspecified atom stereocenters. The Balaban J connectivity index is 2.67. The fraction of sp³-hybridized carbons (Fsp3) is 0. The summed E-state index contributed by atoms with van der Waals surface area (Å²) in [5, 5.41) is 5.84. The SMILES string of the molecule is Clc1cc2cccc(Cl)c2c2ccccc12. The van der Waals surface area contributed by atoms with E-state index in [0.717, 1.165) is 31.6 Å². The molecule has 0 aliphatic heterocycles. The van der Waals surface area contributed by atoms with E-state index in [9.17, 15) is 0 Å². The van der Waals surface area contributed by atoms with Gasteiger partial charge in [-0.1, -0.05) is 59.6 Å². The zero-order valence-electron chi connectivity index (χ0n) is 8.37. The van der Waals surface area contributed by atoms with E-state index in [4.69, 9.17) is 23.2 Å². The van der Waals surface area contributed by atoms with E-state index >= 15 is 0 Å². The molecule has 0 saturated carbocycles. The molecule has 0 atom stereocenters. The molecule has 0 radical (unpaired) electrons. The Morgan fingerprint density at radius 3 is 2.25 bits per heavy atom. The second kappa shape index (κ2) is 3.65. The van der Waals surface area contributed by atoms with Gasteiger partial charge in [0, 0.05) is 20.8 Å². The molecular weight excluding hydrogens is 239 g/mol. The van der Waals surface area contributed by atoms with E-state index in [0.29, 0.717) is 0 Å². The fourth-order valence-electron chi connectivity index (χ4n) is 2.07. The van der Waals surface area contributed by atoms with Crippen LogP contribution in [0.5, 0.6) is 0 Å². The van der Waals surface area contributed by atoms with Crippen molar-refractivity contribution in [2.24, 2.45) is 0 Å². The molecule has 3 aromatic carbocycles. The van der Waals surface area contributed by atoms with Crippen LogP contribution in [0, 0.1) is 0 Å². The normalized spacial score (nSPS) is 11.1. The van der Waals surface area contributed by atoms with Crippen molar-refractivity contribution < 1.29 is 0 Å². The molecule has 0 bridgehead atoms. The Morgan fingerprint density at radius 1 is 0.688 bits per heavy atom. The van der Waals surface area contributed by atoms with Crippen LogP contribution in [0.25, 0.3) is 21.5 Å². The van der Waals surface area contributed by atoms with Gasteiger partial charge in [0.25, 0.3) is 0 Å². The Morgan fingerprint density at radius 2 is 1.44 bits per heavy atom. The molecule has 0 N–H and O–H groups in total. The molecule has 3 aromatic rings.